The van der Waals surface area contributed by atoms with Crippen molar-refractivity contribution in [3.8, 4) is 5.75 Å². The number of phenolic OH excluding ortho intramolecular Hbond substituents is 1. The fraction of sp³-hybridized carbons (Fsp3) is 0.417. The number of carbonyl (C=O) groups is 1. The minimum atomic E-state index is -0.578. The van der Waals surface area contributed by atoms with Crippen molar-refractivity contribution in [3.63, 3.8) is 0 Å². The summed E-state index contributed by atoms with van der Waals surface area (Å²) in [5.41, 5.74) is 5.76. The number of rotatable bonds is 1. The van der Waals surface area contributed by atoms with Gasteiger partial charge in [0.15, 0.2) is 0 Å². The third-order valence-electron chi connectivity index (χ3n) is 3.11. The molecule has 0 radical (unpaired) electrons. The van der Waals surface area contributed by atoms with Crippen LogP contribution in [0.4, 0.5) is 10.1 Å². The van der Waals surface area contributed by atoms with E-state index in [0.717, 1.165) is 18.9 Å². The lowest BCUT2D eigenvalue weighted by atomic mass is 9.82. The lowest BCUT2D eigenvalue weighted by molar-refractivity contribution is -0.121. The second-order valence-corrected chi connectivity index (χ2v) is 4.16. The molecule has 0 aromatic heterocycles. The molecule has 0 saturated heterocycles. The molecule has 1 saturated carbocycles. The van der Waals surface area contributed by atoms with Crippen molar-refractivity contribution in [2.45, 2.75) is 31.6 Å². The SMILES string of the molecule is Nc1c(F)ccc(O)c1C1CCCCC1=O. The molecule has 3 nitrogen and oxygen atoms in total. The fourth-order valence-electron chi connectivity index (χ4n) is 2.25. The first-order chi connectivity index (χ1) is 7.61. The maximum atomic E-state index is 13.3. The molecule has 0 heterocycles. The molecule has 1 aromatic carbocycles. The number of nitrogen functional groups attached to an aromatic ring is 1. The van der Waals surface area contributed by atoms with E-state index in [-0.39, 0.29) is 22.8 Å². The number of ketones is 1. The van der Waals surface area contributed by atoms with Gasteiger partial charge in [-0.2, -0.15) is 0 Å². The van der Waals surface area contributed by atoms with Gasteiger partial charge in [0.25, 0.3) is 0 Å². The number of phenols is 1. The second kappa shape index (κ2) is 4.12. The highest BCUT2D eigenvalue weighted by molar-refractivity contribution is 5.88. The minimum Gasteiger partial charge on any atom is -0.508 e. The first-order valence-electron chi connectivity index (χ1n) is 5.41. The molecule has 2 rings (SSSR count). The minimum absolute atomic E-state index is 0.0406. The molecular formula is C12H14FNO2. The summed E-state index contributed by atoms with van der Waals surface area (Å²) in [4.78, 5) is 11.7. The summed E-state index contributed by atoms with van der Waals surface area (Å²) in [6.45, 7) is 0. The van der Waals surface area contributed by atoms with Gasteiger partial charge >= 0.3 is 0 Å². The zero-order chi connectivity index (χ0) is 11.7. The maximum absolute atomic E-state index is 13.3. The number of nitrogens with two attached hydrogens (primary N) is 1. The summed E-state index contributed by atoms with van der Waals surface area (Å²) in [5.74, 6) is -1.06. The number of carbonyl (C=O) groups excluding carboxylic acids is 1. The predicted octanol–water partition coefficient (Wildman–Crippen LogP) is 2.34. The lowest BCUT2D eigenvalue weighted by Gasteiger charge is -2.23. The van der Waals surface area contributed by atoms with Gasteiger partial charge in [-0.05, 0) is 25.0 Å². The Morgan fingerprint density at radius 1 is 1.38 bits per heavy atom. The van der Waals surface area contributed by atoms with Crippen LogP contribution in [0.3, 0.4) is 0 Å². The van der Waals surface area contributed by atoms with Crippen LogP contribution in [0.1, 0.15) is 37.2 Å². The van der Waals surface area contributed by atoms with Crippen LogP contribution in [-0.2, 0) is 4.79 Å². The highest BCUT2D eigenvalue weighted by Gasteiger charge is 2.28. The van der Waals surface area contributed by atoms with E-state index in [1.54, 1.807) is 0 Å². The molecular weight excluding hydrogens is 209 g/mol. The van der Waals surface area contributed by atoms with Crippen molar-refractivity contribution < 1.29 is 14.3 Å². The van der Waals surface area contributed by atoms with E-state index in [4.69, 9.17) is 5.73 Å². The molecule has 1 aliphatic rings. The van der Waals surface area contributed by atoms with Crippen molar-refractivity contribution in [2.75, 3.05) is 5.73 Å². The van der Waals surface area contributed by atoms with Crippen LogP contribution in [0.25, 0.3) is 0 Å². The molecule has 3 N–H and O–H groups in total. The largest absolute Gasteiger partial charge is 0.508 e. The Balaban J connectivity index is 2.46. The number of Topliss-reactive ketones (excluding diaryl/α,β-unsaturated/α-hetero) is 1. The number of hydrogen-bond donors (Lipinski definition) is 2. The Labute approximate surface area is 93.1 Å². The summed E-state index contributed by atoms with van der Waals surface area (Å²) < 4.78 is 13.3. The Morgan fingerprint density at radius 2 is 2.12 bits per heavy atom. The van der Waals surface area contributed by atoms with Crippen molar-refractivity contribution in [2.24, 2.45) is 0 Å². The molecule has 0 bridgehead atoms. The van der Waals surface area contributed by atoms with Gasteiger partial charge in [-0.25, -0.2) is 4.39 Å². The van der Waals surface area contributed by atoms with Crippen LogP contribution in [-0.4, -0.2) is 10.9 Å². The smallest absolute Gasteiger partial charge is 0.146 e. The number of benzene rings is 1. The first kappa shape index (κ1) is 10.9. The van der Waals surface area contributed by atoms with Crippen molar-refractivity contribution in [1.82, 2.24) is 0 Å². The Morgan fingerprint density at radius 3 is 2.81 bits per heavy atom. The molecule has 1 fully saturated rings. The number of anilines is 1. The Hall–Kier alpha value is -1.58. The van der Waals surface area contributed by atoms with Crippen molar-refractivity contribution >= 4 is 11.5 Å². The molecule has 1 aromatic rings. The molecule has 16 heavy (non-hydrogen) atoms. The third-order valence-corrected chi connectivity index (χ3v) is 3.11. The van der Waals surface area contributed by atoms with Crippen LogP contribution >= 0.6 is 0 Å². The Bertz CT molecular complexity index is 431. The van der Waals surface area contributed by atoms with Crippen LogP contribution in [0.2, 0.25) is 0 Å². The van der Waals surface area contributed by atoms with Gasteiger partial charge in [-0.1, -0.05) is 6.42 Å². The standard InChI is InChI=1S/C12H14FNO2/c13-8-5-6-10(16)11(12(8)14)7-3-1-2-4-9(7)15/h5-7,16H,1-4,14H2. The average Bonchev–Trinajstić information content (AvgIpc) is 2.27. The van der Waals surface area contributed by atoms with Crippen molar-refractivity contribution in [3.05, 3.63) is 23.5 Å². The van der Waals surface area contributed by atoms with Gasteiger partial charge in [0.2, 0.25) is 0 Å². The van der Waals surface area contributed by atoms with Crippen molar-refractivity contribution in [1.29, 1.82) is 0 Å². The highest BCUT2D eigenvalue weighted by Crippen LogP contribution is 2.39. The zero-order valence-electron chi connectivity index (χ0n) is 8.87. The molecule has 1 unspecified atom stereocenters. The van der Waals surface area contributed by atoms with Gasteiger partial charge in [-0.3, -0.25) is 4.79 Å². The van der Waals surface area contributed by atoms with Crippen LogP contribution in [0.5, 0.6) is 5.75 Å². The van der Waals surface area contributed by atoms with Gasteiger partial charge in [0.1, 0.15) is 17.3 Å². The molecule has 1 atom stereocenters. The quantitative estimate of drug-likeness (QED) is 0.718. The lowest BCUT2D eigenvalue weighted by Crippen LogP contribution is -2.18. The highest BCUT2D eigenvalue weighted by atomic mass is 19.1. The summed E-state index contributed by atoms with van der Waals surface area (Å²) in [6, 6.07) is 2.37. The number of hydrogen-bond acceptors (Lipinski definition) is 3. The van der Waals surface area contributed by atoms with Gasteiger partial charge in [0.05, 0.1) is 5.69 Å². The van der Waals surface area contributed by atoms with E-state index in [2.05, 4.69) is 0 Å². The van der Waals surface area contributed by atoms with Gasteiger partial charge in [0, 0.05) is 17.9 Å². The summed E-state index contributed by atoms with van der Waals surface area (Å²) in [6.07, 6.45) is 2.90. The van der Waals surface area contributed by atoms with Crippen LogP contribution in [0.15, 0.2) is 12.1 Å². The molecule has 4 heteroatoms. The van der Waals surface area contributed by atoms with E-state index < -0.39 is 11.7 Å². The van der Waals surface area contributed by atoms with E-state index in [1.807, 2.05) is 0 Å². The monoisotopic (exact) mass is 223 g/mol. The van der Waals surface area contributed by atoms with E-state index in [1.165, 1.54) is 6.07 Å². The van der Waals surface area contributed by atoms with Crippen LogP contribution in [0, 0.1) is 5.82 Å². The van der Waals surface area contributed by atoms with Gasteiger partial charge < -0.3 is 10.8 Å². The molecule has 1 aliphatic carbocycles. The summed E-state index contributed by atoms with van der Waals surface area (Å²) in [5, 5.41) is 9.69. The van der Waals surface area contributed by atoms with E-state index >= 15 is 0 Å². The Kier molecular flexibility index (Phi) is 2.81. The molecule has 86 valence electrons. The first-order valence-corrected chi connectivity index (χ1v) is 5.41. The zero-order valence-corrected chi connectivity index (χ0v) is 8.87. The number of aromatic hydroxyl groups is 1. The molecule has 0 aliphatic heterocycles. The number of halogens is 1. The average molecular weight is 223 g/mol. The third kappa shape index (κ3) is 1.75. The van der Waals surface area contributed by atoms with E-state index in [0.29, 0.717) is 12.8 Å². The topological polar surface area (TPSA) is 63.3 Å². The molecule has 0 spiro atoms. The van der Waals surface area contributed by atoms with E-state index in [9.17, 15) is 14.3 Å². The summed E-state index contributed by atoms with van der Waals surface area (Å²) in [7, 11) is 0. The fourth-order valence-corrected chi connectivity index (χ4v) is 2.25. The predicted molar refractivity (Wildman–Crippen MR) is 58.7 cm³/mol. The summed E-state index contributed by atoms with van der Waals surface area (Å²) >= 11 is 0. The second-order valence-electron chi connectivity index (χ2n) is 4.16. The van der Waals surface area contributed by atoms with Crippen LogP contribution < -0.4 is 5.73 Å². The van der Waals surface area contributed by atoms with Gasteiger partial charge in [-0.15, -0.1) is 0 Å². The normalized spacial score (nSPS) is 21.1. The maximum Gasteiger partial charge on any atom is 0.146 e. The molecule has 0 amide bonds.